The van der Waals surface area contributed by atoms with Gasteiger partial charge in [-0.15, -0.1) is 0 Å². The van der Waals surface area contributed by atoms with Crippen molar-refractivity contribution in [2.45, 2.75) is 26.7 Å². The number of rotatable bonds is 5. The van der Waals surface area contributed by atoms with Crippen LogP contribution in [-0.4, -0.2) is 78.9 Å². The Morgan fingerprint density at radius 1 is 1.00 bits per heavy atom. The Balaban J connectivity index is 1.69. The average molecular weight is 310 g/mol. The molecule has 6 heteroatoms. The molecule has 126 valence electrons. The number of hydrogen-bond donors (Lipinski definition) is 1. The number of nitrogens with two attached hydrogens (primary N) is 1. The number of carbonyl (C=O) groups excluding carboxylic acids is 2. The molecule has 2 aliphatic heterocycles. The summed E-state index contributed by atoms with van der Waals surface area (Å²) in [6.45, 7) is 11.5. The lowest BCUT2D eigenvalue weighted by atomic mass is 9.96. The molecular formula is C16H30N4O2. The number of amides is 2. The summed E-state index contributed by atoms with van der Waals surface area (Å²) < 4.78 is 0. The van der Waals surface area contributed by atoms with Crippen molar-refractivity contribution in [3.8, 4) is 0 Å². The van der Waals surface area contributed by atoms with E-state index in [9.17, 15) is 9.59 Å². The van der Waals surface area contributed by atoms with Crippen molar-refractivity contribution in [1.29, 1.82) is 0 Å². The minimum atomic E-state index is -0.228. The number of piperazine rings is 1. The molecule has 2 fully saturated rings. The van der Waals surface area contributed by atoms with E-state index < -0.39 is 0 Å². The van der Waals surface area contributed by atoms with Gasteiger partial charge in [0.05, 0.1) is 6.54 Å². The second-order valence-electron chi connectivity index (χ2n) is 7.03. The number of hydrogen-bond acceptors (Lipinski definition) is 4. The van der Waals surface area contributed by atoms with Crippen molar-refractivity contribution in [1.82, 2.24) is 14.7 Å². The Morgan fingerprint density at radius 3 is 2.05 bits per heavy atom. The van der Waals surface area contributed by atoms with E-state index in [-0.39, 0.29) is 17.7 Å². The van der Waals surface area contributed by atoms with Gasteiger partial charge in [-0.05, 0) is 18.8 Å². The zero-order valence-corrected chi connectivity index (χ0v) is 14.0. The van der Waals surface area contributed by atoms with E-state index in [1.54, 1.807) is 0 Å². The molecule has 0 aromatic heterocycles. The maximum atomic E-state index is 12.4. The first-order valence-electron chi connectivity index (χ1n) is 8.47. The predicted octanol–water partition coefficient (Wildman–Crippen LogP) is -0.0161. The van der Waals surface area contributed by atoms with Gasteiger partial charge in [0.25, 0.3) is 0 Å². The molecule has 0 aromatic rings. The van der Waals surface area contributed by atoms with E-state index in [2.05, 4.69) is 23.6 Å². The molecule has 2 amide bonds. The lowest BCUT2D eigenvalue weighted by molar-refractivity contribution is -0.136. The van der Waals surface area contributed by atoms with Crippen molar-refractivity contribution in [3.63, 3.8) is 0 Å². The summed E-state index contributed by atoms with van der Waals surface area (Å²) >= 11 is 0. The molecule has 2 saturated heterocycles. The summed E-state index contributed by atoms with van der Waals surface area (Å²) in [6, 6.07) is 0. The van der Waals surface area contributed by atoms with Crippen LogP contribution in [0, 0.1) is 11.8 Å². The fraction of sp³-hybridized carbons (Fsp3) is 0.875. The van der Waals surface area contributed by atoms with E-state index in [0.29, 0.717) is 38.4 Å². The Labute approximate surface area is 133 Å². The van der Waals surface area contributed by atoms with Gasteiger partial charge in [-0.25, -0.2) is 0 Å². The Hall–Kier alpha value is -1.14. The number of nitrogens with zero attached hydrogens (tertiary/aromatic N) is 3. The quantitative estimate of drug-likeness (QED) is 0.775. The van der Waals surface area contributed by atoms with Crippen LogP contribution in [0.25, 0.3) is 0 Å². The number of carbonyl (C=O) groups is 2. The van der Waals surface area contributed by atoms with Crippen molar-refractivity contribution in [2.75, 3.05) is 52.4 Å². The molecule has 0 aliphatic carbocycles. The third-order valence-corrected chi connectivity index (χ3v) is 4.70. The largest absolute Gasteiger partial charge is 0.369 e. The van der Waals surface area contributed by atoms with Crippen LogP contribution in [0.3, 0.4) is 0 Å². The summed E-state index contributed by atoms with van der Waals surface area (Å²) in [6.07, 6.45) is 1.42. The zero-order valence-electron chi connectivity index (χ0n) is 14.0. The first-order chi connectivity index (χ1) is 10.5. The lowest BCUT2D eigenvalue weighted by Gasteiger charge is -2.37. The molecule has 22 heavy (non-hydrogen) atoms. The third kappa shape index (κ3) is 4.95. The molecule has 2 aliphatic rings. The number of likely N-dealkylation sites (tertiary alicyclic amines) is 1. The van der Waals surface area contributed by atoms with Gasteiger partial charge in [-0.2, -0.15) is 0 Å². The minimum absolute atomic E-state index is 0.0522. The molecule has 0 atom stereocenters. The van der Waals surface area contributed by atoms with Crippen LogP contribution in [0.5, 0.6) is 0 Å². The van der Waals surface area contributed by atoms with Crippen LogP contribution in [0.2, 0.25) is 0 Å². The fourth-order valence-corrected chi connectivity index (χ4v) is 3.35. The summed E-state index contributed by atoms with van der Waals surface area (Å²) in [5, 5.41) is 0. The van der Waals surface area contributed by atoms with Gasteiger partial charge < -0.3 is 15.5 Å². The monoisotopic (exact) mass is 310 g/mol. The molecule has 6 nitrogen and oxygen atoms in total. The highest BCUT2D eigenvalue weighted by Gasteiger charge is 2.27. The normalized spacial score (nSPS) is 22.2. The third-order valence-electron chi connectivity index (χ3n) is 4.70. The van der Waals surface area contributed by atoms with Crippen LogP contribution < -0.4 is 5.73 Å². The molecule has 2 heterocycles. The lowest BCUT2D eigenvalue weighted by Crippen LogP contribution is -2.51. The Bertz CT molecular complexity index is 384. The molecule has 0 unspecified atom stereocenters. The predicted molar refractivity (Wildman–Crippen MR) is 86.2 cm³/mol. The number of primary amides is 1. The number of piperidine rings is 1. The van der Waals surface area contributed by atoms with Gasteiger partial charge in [-0.3, -0.25) is 14.5 Å². The second kappa shape index (κ2) is 7.92. The SMILES string of the molecule is CC(C)CN1CCN(CC(=O)N2CCC(C(N)=O)CC2)CC1. The summed E-state index contributed by atoms with van der Waals surface area (Å²) in [5.41, 5.74) is 5.33. The first-order valence-corrected chi connectivity index (χ1v) is 8.47. The maximum Gasteiger partial charge on any atom is 0.236 e. The van der Waals surface area contributed by atoms with E-state index in [4.69, 9.17) is 5.73 Å². The summed E-state index contributed by atoms with van der Waals surface area (Å²) in [7, 11) is 0. The van der Waals surface area contributed by atoms with E-state index in [1.807, 2.05) is 4.90 Å². The van der Waals surface area contributed by atoms with E-state index in [1.165, 1.54) is 0 Å². The maximum absolute atomic E-state index is 12.4. The average Bonchev–Trinajstić information content (AvgIpc) is 2.49. The van der Waals surface area contributed by atoms with Crippen molar-refractivity contribution < 1.29 is 9.59 Å². The van der Waals surface area contributed by atoms with Crippen LogP contribution in [0.15, 0.2) is 0 Å². The van der Waals surface area contributed by atoms with Crippen LogP contribution in [0.1, 0.15) is 26.7 Å². The van der Waals surface area contributed by atoms with Gasteiger partial charge in [-0.1, -0.05) is 13.8 Å². The van der Waals surface area contributed by atoms with Crippen LogP contribution in [0.4, 0.5) is 0 Å². The standard InChI is InChI=1S/C16H30N4O2/c1-13(2)11-18-7-9-19(10-8-18)12-15(21)20-5-3-14(4-6-20)16(17)22/h13-14H,3-12H2,1-2H3,(H2,17,22). The first kappa shape index (κ1) is 17.2. The van der Waals surface area contributed by atoms with Gasteiger partial charge in [0.1, 0.15) is 0 Å². The van der Waals surface area contributed by atoms with Gasteiger partial charge in [0.15, 0.2) is 0 Å². The molecular weight excluding hydrogens is 280 g/mol. The van der Waals surface area contributed by atoms with Gasteiger partial charge >= 0.3 is 0 Å². The van der Waals surface area contributed by atoms with Crippen LogP contribution in [-0.2, 0) is 9.59 Å². The minimum Gasteiger partial charge on any atom is -0.369 e. The molecule has 0 aromatic carbocycles. The molecule has 0 radical (unpaired) electrons. The topological polar surface area (TPSA) is 69.9 Å². The highest BCUT2D eigenvalue weighted by molar-refractivity contribution is 5.80. The summed E-state index contributed by atoms with van der Waals surface area (Å²) in [5.74, 6) is 0.608. The highest BCUT2D eigenvalue weighted by Crippen LogP contribution is 2.17. The molecule has 2 rings (SSSR count). The smallest absolute Gasteiger partial charge is 0.236 e. The van der Waals surface area contributed by atoms with E-state index in [0.717, 1.165) is 32.7 Å². The summed E-state index contributed by atoms with van der Waals surface area (Å²) in [4.78, 5) is 30.1. The van der Waals surface area contributed by atoms with Crippen LogP contribution >= 0.6 is 0 Å². The van der Waals surface area contributed by atoms with Crippen molar-refractivity contribution >= 4 is 11.8 Å². The van der Waals surface area contributed by atoms with Gasteiger partial charge in [0, 0.05) is 51.7 Å². The van der Waals surface area contributed by atoms with E-state index >= 15 is 0 Å². The van der Waals surface area contributed by atoms with Gasteiger partial charge in [0.2, 0.25) is 11.8 Å². The Kier molecular flexibility index (Phi) is 6.20. The van der Waals surface area contributed by atoms with Crippen molar-refractivity contribution in [2.24, 2.45) is 17.6 Å². The molecule has 0 spiro atoms. The fourth-order valence-electron chi connectivity index (χ4n) is 3.35. The second-order valence-corrected chi connectivity index (χ2v) is 7.03. The Morgan fingerprint density at radius 2 is 1.55 bits per heavy atom. The van der Waals surface area contributed by atoms with Crippen molar-refractivity contribution in [3.05, 3.63) is 0 Å². The zero-order chi connectivity index (χ0) is 16.1. The highest BCUT2D eigenvalue weighted by atomic mass is 16.2. The molecule has 2 N–H and O–H groups in total. The molecule has 0 bridgehead atoms. The molecule has 0 saturated carbocycles.